The molecule has 0 aromatic heterocycles. The molecule has 1 N–H and O–H groups in total. The van der Waals surface area contributed by atoms with Crippen LogP contribution < -0.4 is 0 Å². The zero-order chi connectivity index (χ0) is 6.62. The molecule has 0 amide bonds. The monoisotopic (exact) mass is 160 g/mol. The van der Waals surface area contributed by atoms with Crippen LogP contribution in [0.5, 0.6) is 0 Å². The van der Waals surface area contributed by atoms with Crippen molar-refractivity contribution >= 4 is 0 Å². The summed E-state index contributed by atoms with van der Waals surface area (Å²) in [6.45, 7) is 1.83. The summed E-state index contributed by atoms with van der Waals surface area (Å²) in [6, 6.07) is 0. The summed E-state index contributed by atoms with van der Waals surface area (Å²) in [5.74, 6) is 0. The first-order valence-corrected chi connectivity index (χ1v) is 4.31. The van der Waals surface area contributed by atoms with Crippen molar-refractivity contribution in [1.29, 1.82) is 0 Å². The Morgan fingerprint density at radius 1 is 1.62 bits per heavy atom. The minimum absolute atomic E-state index is 0.0729. The molecule has 0 fully saturated rings. The molecular weight excluding hydrogens is 152 g/mol. The summed E-state index contributed by atoms with van der Waals surface area (Å²) < 4.78 is 31.5. The van der Waals surface area contributed by atoms with Gasteiger partial charge in [-0.15, -0.1) is 0 Å². The first-order valence-electron chi connectivity index (χ1n) is 2.18. The predicted octanol–water partition coefficient (Wildman–Crippen LogP) is 0.0802. The van der Waals surface area contributed by atoms with Gasteiger partial charge in [0.05, 0.1) is 0 Å². The molecule has 0 spiro atoms. The van der Waals surface area contributed by atoms with E-state index in [2.05, 4.69) is 3.79 Å². The Morgan fingerprint density at radius 2 is 2.12 bits per heavy atom. The summed E-state index contributed by atoms with van der Waals surface area (Å²) in [4.78, 5) is 0. The Morgan fingerprint density at radius 3 is 2.25 bits per heavy atom. The van der Waals surface area contributed by atoms with Crippen LogP contribution in [0, 0.1) is 0 Å². The standard InChI is InChI=1S/C3H7O.Cr.H2O.2O/c1-2-3-4;;;;/h2-3H2,1H3;;1H2;;/q-1;+2;;;/p-1. The zero-order valence-electron chi connectivity index (χ0n) is 4.49. The molecule has 0 heterocycles. The van der Waals surface area contributed by atoms with Gasteiger partial charge in [-0.25, -0.2) is 0 Å². The second kappa shape index (κ2) is 3.15. The van der Waals surface area contributed by atoms with E-state index in [-0.39, 0.29) is 6.61 Å². The molecule has 8 heavy (non-hydrogen) atoms. The Kier molecular flexibility index (Phi) is 3.17. The van der Waals surface area contributed by atoms with Crippen molar-refractivity contribution in [3.63, 3.8) is 0 Å². The van der Waals surface area contributed by atoms with E-state index < -0.39 is 13.6 Å². The zero-order valence-corrected chi connectivity index (χ0v) is 5.77. The maximum atomic E-state index is 9.80. The molecule has 0 radical (unpaired) electrons. The van der Waals surface area contributed by atoms with Crippen molar-refractivity contribution in [3.05, 3.63) is 0 Å². The summed E-state index contributed by atoms with van der Waals surface area (Å²) in [5.41, 5.74) is 0. The molecule has 0 aromatic rings. The van der Waals surface area contributed by atoms with Crippen LogP contribution in [0.2, 0.25) is 0 Å². The van der Waals surface area contributed by atoms with Gasteiger partial charge in [0.1, 0.15) is 0 Å². The van der Waals surface area contributed by atoms with E-state index in [1.807, 2.05) is 0 Å². The molecule has 50 valence electrons. The van der Waals surface area contributed by atoms with Crippen molar-refractivity contribution < 1.29 is 29.2 Å². The summed E-state index contributed by atoms with van der Waals surface area (Å²) in [5, 5.41) is 0. The van der Waals surface area contributed by atoms with Crippen LogP contribution in [0.3, 0.4) is 0 Å². The fourth-order valence-electron chi connectivity index (χ4n) is 0.189. The topological polar surface area (TPSA) is 63.6 Å². The van der Waals surface area contributed by atoms with E-state index in [4.69, 9.17) is 4.16 Å². The fourth-order valence-corrected chi connectivity index (χ4v) is 0.778. The van der Waals surface area contributed by atoms with Gasteiger partial charge in [0.2, 0.25) is 0 Å². The van der Waals surface area contributed by atoms with E-state index in [0.717, 1.165) is 0 Å². The molecule has 0 aliphatic heterocycles. The van der Waals surface area contributed by atoms with Gasteiger partial charge in [0.25, 0.3) is 0 Å². The first-order chi connectivity index (χ1) is 3.56. The third kappa shape index (κ3) is 6.05. The number of hydrogen-bond acceptors (Lipinski definition) is 3. The van der Waals surface area contributed by atoms with Crippen LogP contribution in [-0.2, 0) is 25.0 Å². The van der Waals surface area contributed by atoms with E-state index in [0.29, 0.717) is 6.42 Å². The second-order valence-electron chi connectivity index (χ2n) is 1.25. The average Bonchev–Trinajstić information content (AvgIpc) is 1.59. The number of rotatable bonds is 3. The molecular formula is C3H8CrO4. The number of hydrogen-bond donors (Lipinski definition) is 1. The SMILES string of the molecule is CCC[O][Cr](=[O])(=[O])[OH]. The summed E-state index contributed by atoms with van der Waals surface area (Å²) >= 11 is -4.83. The molecule has 0 aromatic carbocycles. The van der Waals surface area contributed by atoms with Gasteiger partial charge in [-0.2, -0.15) is 0 Å². The van der Waals surface area contributed by atoms with Crippen molar-refractivity contribution in [2.24, 2.45) is 0 Å². The van der Waals surface area contributed by atoms with Gasteiger partial charge in [-0.3, -0.25) is 0 Å². The first kappa shape index (κ1) is 8.05. The quantitative estimate of drug-likeness (QED) is 0.635. The van der Waals surface area contributed by atoms with E-state index in [9.17, 15) is 7.61 Å². The Hall–Kier alpha value is 0.0525. The Bertz CT molecular complexity index is 135. The maximum absolute atomic E-state index is 9.80. The molecule has 0 bridgehead atoms. The van der Waals surface area contributed by atoms with Crippen molar-refractivity contribution in [3.8, 4) is 0 Å². The van der Waals surface area contributed by atoms with Gasteiger partial charge in [-0.1, -0.05) is 0 Å². The third-order valence-corrected chi connectivity index (χ3v) is 1.16. The molecule has 0 saturated heterocycles. The Balaban J connectivity index is 3.42. The molecule has 0 unspecified atom stereocenters. The van der Waals surface area contributed by atoms with Crippen molar-refractivity contribution in [2.45, 2.75) is 13.3 Å². The van der Waals surface area contributed by atoms with Gasteiger partial charge in [0.15, 0.2) is 0 Å². The van der Waals surface area contributed by atoms with Crippen LogP contribution in [-0.4, -0.2) is 10.8 Å². The van der Waals surface area contributed by atoms with Crippen LogP contribution in [0.4, 0.5) is 0 Å². The summed E-state index contributed by atoms with van der Waals surface area (Å²) in [7, 11) is 0. The summed E-state index contributed by atoms with van der Waals surface area (Å²) in [6.07, 6.45) is 0.587. The van der Waals surface area contributed by atoms with E-state index in [1.54, 1.807) is 6.92 Å². The predicted molar refractivity (Wildman–Crippen MR) is 19.8 cm³/mol. The molecule has 0 atom stereocenters. The molecule has 4 nitrogen and oxygen atoms in total. The Labute approximate surface area is 49.9 Å². The molecule has 0 aliphatic rings. The average molecular weight is 160 g/mol. The van der Waals surface area contributed by atoms with Crippen LogP contribution >= 0.6 is 0 Å². The molecule has 0 rings (SSSR count). The van der Waals surface area contributed by atoms with E-state index >= 15 is 0 Å². The van der Waals surface area contributed by atoms with Gasteiger partial charge < -0.3 is 0 Å². The second-order valence-corrected chi connectivity index (χ2v) is 2.95. The van der Waals surface area contributed by atoms with Crippen molar-refractivity contribution in [1.82, 2.24) is 0 Å². The third-order valence-electron chi connectivity index (χ3n) is 0.436. The minimum atomic E-state index is -4.83. The van der Waals surface area contributed by atoms with Gasteiger partial charge >= 0.3 is 49.1 Å². The van der Waals surface area contributed by atoms with Gasteiger partial charge in [0, 0.05) is 0 Å². The van der Waals surface area contributed by atoms with Crippen LogP contribution in [0.25, 0.3) is 0 Å². The van der Waals surface area contributed by atoms with Crippen molar-refractivity contribution in [2.75, 3.05) is 6.61 Å². The van der Waals surface area contributed by atoms with E-state index in [1.165, 1.54) is 0 Å². The molecule has 0 aliphatic carbocycles. The van der Waals surface area contributed by atoms with Gasteiger partial charge in [-0.05, 0) is 0 Å². The molecule has 5 heteroatoms. The fraction of sp³-hybridized carbons (Fsp3) is 1.00. The van der Waals surface area contributed by atoms with Crippen LogP contribution in [0.1, 0.15) is 13.3 Å². The normalized spacial score (nSPS) is 11.8. The van der Waals surface area contributed by atoms with Crippen LogP contribution in [0.15, 0.2) is 0 Å². The molecule has 0 saturated carbocycles.